The first-order valence-corrected chi connectivity index (χ1v) is 8.90. The number of likely N-dealkylation sites (tertiary alicyclic amines) is 1. The summed E-state index contributed by atoms with van der Waals surface area (Å²) in [7, 11) is 1.70. The second-order valence-electron chi connectivity index (χ2n) is 6.67. The molecule has 130 valence electrons. The molecule has 0 unspecified atom stereocenters. The number of hydrogen-bond donors (Lipinski definition) is 0. The average Bonchev–Trinajstić information content (AvgIpc) is 3.16. The van der Waals surface area contributed by atoms with Crippen LogP contribution in [0.3, 0.4) is 0 Å². The summed E-state index contributed by atoms with van der Waals surface area (Å²) in [5, 5.41) is 0. The fraction of sp³-hybridized carbons (Fsp3) is 0.611. The summed E-state index contributed by atoms with van der Waals surface area (Å²) in [4.78, 5) is 35.1. The van der Waals surface area contributed by atoms with E-state index in [9.17, 15) is 9.59 Å². The molecule has 2 amide bonds. The third-order valence-electron chi connectivity index (χ3n) is 4.85. The summed E-state index contributed by atoms with van der Waals surface area (Å²) >= 11 is 0. The summed E-state index contributed by atoms with van der Waals surface area (Å²) in [6.07, 6.45) is 7.35. The van der Waals surface area contributed by atoms with E-state index in [-0.39, 0.29) is 18.4 Å². The maximum Gasteiger partial charge on any atom is 0.257 e. The van der Waals surface area contributed by atoms with Gasteiger partial charge in [-0.15, -0.1) is 0 Å². The predicted molar refractivity (Wildman–Crippen MR) is 93.1 cm³/mol. The van der Waals surface area contributed by atoms with Crippen molar-refractivity contribution in [3.8, 4) is 0 Å². The van der Waals surface area contributed by atoms with Gasteiger partial charge < -0.3 is 14.7 Å². The van der Waals surface area contributed by atoms with Crippen LogP contribution in [0.4, 0.5) is 5.82 Å². The molecule has 3 heterocycles. The van der Waals surface area contributed by atoms with Crippen LogP contribution in [-0.2, 0) is 4.79 Å². The summed E-state index contributed by atoms with van der Waals surface area (Å²) in [6.45, 7) is 3.63. The molecule has 2 aliphatic heterocycles. The van der Waals surface area contributed by atoms with E-state index in [1.54, 1.807) is 19.3 Å². The SMILES string of the molecule is CN(CC(=O)N1CCCC1)C(=O)c1cccnc1N1CCCCC1. The minimum atomic E-state index is -0.128. The van der Waals surface area contributed by atoms with Crippen molar-refractivity contribution in [1.29, 1.82) is 0 Å². The van der Waals surface area contributed by atoms with Gasteiger partial charge in [0.25, 0.3) is 5.91 Å². The largest absolute Gasteiger partial charge is 0.356 e. The molecular weight excluding hydrogens is 304 g/mol. The Balaban J connectivity index is 1.70. The minimum absolute atomic E-state index is 0.0340. The molecule has 0 radical (unpaired) electrons. The molecule has 0 spiro atoms. The lowest BCUT2D eigenvalue weighted by molar-refractivity contribution is -0.130. The molecular formula is C18H26N4O2. The van der Waals surface area contributed by atoms with Crippen LogP contribution in [0.15, 0.2) is 18.3 Å². The van der Waals surface area contributed by atoms with Crippen molar-refractivity contribution < 1.29 is 9.59 Å². The number of amides is 2. The molecule has 0 aliphatic carbocycles. The molecule has 6 nitrogen and oxygen atoms in total. The smallest absolute Gasteiger partial charge is 0.257 e. The Hall–Kier alpha value is -2.11. The number of nitrogens with zero attached hydrogens (tertiary/aromatic N) is 4. The summed E-state index contributed by atoms with van der Waals surface area (Å²) in [5.41, 5.74) is 0.594. The molecule has 2 fully saturated rings. The number of rotatable bonds is 4. The third kappa shape index (κ3) is 3.68. The monoisotopic (exact) mass is 330 g/mol. The van der Waals surface area contributed by atoms with Gasteiger partial charge in [0.15, 0.2) is 0 Å². The Bertz CT molecular complexity index is 592. The molecule has 24 heavy (non-hydrogen) atoms. The maximum atomic E-state index is 12.8. The number of likely N-dealkylation sites (N-methyl/N-ethyl adjacent to an activating group) is 1. The van der Waals surface area contributed by atoms with Gasteiger partial charge in [-0.3, -0.25) is 9.59 Å². The highest BCUT2D eigenvalue weighted by molar-refractivity contribution is 6.00. The van der Waals surface area contributed by atoms with Crippen LogP contribution >= 0.6 is 0 Å². The predicted octanol–water partition coefficient (Wildman–Crippen LogP) is 1.77. The highest BCUT2D eigenvalue weighted by Crippen LogP contribution is 2.22. The fourth-order valence-electron chi connectivity index (χ4n) is 3.47. The van der Waals surface area contributed by atoms with Crippen molar-refractivity contribution in [2.24, 2.45) is 0 Å². The van der Waals surface area contributed by atoms with Gasteiger partial charge in [0, 0.05) is 39.4 Å². The topological polar surface area (TPSA) is 56.8 Å². The number of aromatic nitrogens is 1. The van der Waals surface area contributed by atoms with Crippen molar-refractivity contribution in [3.63, 3.8) is 0 Å². The van der Waals surface area contributed by atoms with Gasteiger partial charge in [0.1, 0.15) is 5.82 Å². The highest BCUT2D eigenvalue weighted by Gasteiger charge is 2.25. The lowest BCUT2D eigenvalue weighted by Gasteiger charge is -2.30. The van der Waals surface area contributed by atoms with Crippen molar-refractivity contribution in [2.75, 3.05) is 44.7 Å². The van der Waals surface area contributed by atoms with Crippen LogP contribution in [0, 0.1) is 0 Å². The molecule has 1 aromatic heterocycles. The zero-order valence-corrected chi connectivity index (χ0v) is 14.4. The standard InChI is InChI=1S/C18H26N4O2/c1-20(14-16(23)21-10-5-6-11-21)18(24)15-8-7-9-19-17(15)22-12-3-2-4-13-22/h7-9H,2-6,10-14H2,1H3. The van der Waals surface area contributed by atoms with Crippen LogP contribution in [0.5, 0.6) is 0 Å². The molecule has 0 aromatic carbocycles. The molecule has 6 heteroatoms. The third-order valence-corrected chi connectivity index (χ3v) is 4.85. The quantitative estimate of drug-likeness (QED) is 0.844. The molecule has 0 atom stereocenters. The number of piperidine rings is 1. The fourth-order valence-corrected chi connectivity index (χ4v) is 3.47. The molecule has 3 rings (SSSR count). The van der Waals surface area contributed by atoms with E-state index in [0.29, 0.717) is 5.56 Å². The van der Waals surface area contributed by atoms with E-state index in [0.717, 1.165) is 57.7 Å². The number of pyridine rings is 1. The van der Waals surface area contributed by atoms with Crippen LogP contribution in [0.1, 0.15) is 42.5 Å². The van der Waals surface area contributed by atoms with Gasteiger partial charge in [-0.1, -0.05) is 0 Å². The zero-order chi connectivity index (χ0) is 16.9. The van der Waals surface area contributed by atoms with Gasteiger partial charge in [0.05, 0.1) is 12.1 Å². The molecule has 2 aliphatic rings. The van der Waals surface area contributed by atoms with Gasteiger partial charge in [-0.25, -0.2) is 4.98 Å². The summed E-state index contributed by atoms with van der Waals surface area (Å²) < 4.78 is 0. The Morgan fingerprint density at radius 2 is 1.75 bits per heavy atom. The molecule has 0 N–H and O–H groups in total. The molecule has 0 bridgehead atoms. The van der Waals surface area contributed by atoms with Gasteiger partial charge in [0.2, 0.25) is 5.91 Å². The summed E-state index contributed by atoms with van der Waals surface area (Å²) in [5.74, 6) is 0.658. The van der Waals surface area contributed by atoms with Crippen molar-refractivity contribution in [3.05, 3.63) is 23.9 Å². The number of anilines is 1. The lowest BCUT2D eigenvalue weighted by atomic mass is 10.1. The van der Waals surface area contributed by atoms with Crippen LogP contribution < -0.4 is 4.90 Å². The van der Waals surface area contributed by atoms with E-state index >= 15 is 0 Å². The van der Waals surface area contributed by atoms with Gasteiger partial charge in [-0.2, -0.15) is 0 Å². The Morgan fingerprint density at radius 1 is 1.08 bits per heavy atom. The first-order chi connectivity index (χ1) is 11.7. The number of carbonyl (C=O) groups excluding carboxylic acids is 2. The first kappa shape index (κ1) is 16.7. The Morgan fingerprint density at radius 3 is 2.46 bits per heavy atom. The Labute approximate surface area is 143 Å². The van der Waals surface area contributed by atoms with Crippen LogP contribution in [0.25, 0.3) is 0 Å². The lowest BCUT2D eigenvalue weighted by Crippen LogP contribution is -2.40. The normalized spacial score (nSPS) is 17.9. The summed E-state index contributed by atoms with van der Waals surface area (Å²) in [6, 6.07) is 3.60. The zero-order valence-electron chi connectivity index (χ0n) is 14.4. The second-order valence-corrected chi connectivity index (χ2v) is 6.67. The molecule has 1 aromatic rings. The van der Waals surface area contributed by atoms with Crippen molar-refractivity contribution >= 4 is 17.6 Å². The van der Waals surface area contributed by atoms with E-state index in [1.807, 2.05) is 11.0 Å². The maximum absolute atomic E-state index is 12.8. The molecule has 2 saturated heterocycles. The van der Waals surface area contributed by atoms with Crippen LogP contribution in [0.2, 0.25) is 0 Å². The van der Waals surface area contributed by atoms with E-state index in [4.69, 9.17) is 0 Å². The first-order valence-electron chi connectivity index (χ1n) is 8.90. The van der Waals surface area contributed by atoms with Gasteiger partial charge >= 0.3 is 0 Å². The molecule has 0 saturated carbocycles. The van der Waals surface area contributed by atoms with Crippen molar-refractivity contribution in [1.82, 2.24) is 14.8 Å². The van der Waals surface area contributed by atoms with E-state index in [1.165, 1.54) is 11.3 Å². The Kier molecular flexibility index (Phi) is 5.33. The van der Waals surface area contributed by atoms with Crippen LogP contribution in [-0.4, -0.2) is 66.4 Å². The highest BCUT2D eigenvalue weighted by atomic mass is 16.2. The minimum Gasteiger partial charge on any atom is -0.356 e. The van der Waals surface area contributed by atoms with E-state index < -0.39 is 0 Å². The number of hydrogen-bond acceptors (Lipinski definition) is 4. The van der Waals surface area contributed by atoms with Crippen molar-refractivity contribution in [2.45, 2.75) is 32.1 Å². The number of carbonyl (C=O) groups is 2. The van der Waals surface area contributed by atoms with E-state index in [2.05, 4.69) is 9.88 Å². The van der Waals surface area contributed by atoms with Gasteiger partial charge in [-0.05, 0) is 44.2 Å². The second kappa shape index (κ2) is 7.64. The average molecular weight is 330 g/mol.